The first-order valence-electron chi connectivity index (χ1n) is 5.88. The molecule has 2 rings (SSSR count). The molecule has 0 fully saturated rings. The summed E-state index contributed by atoms with van der Waals surface area (Å²) in [6.07, 6.45) is 1.48. The number of hydrogen-bond donors (Lipinski definition) is 2. The van der Waals surface area contributed by atoms with E-state index in [9.17, 15) is 4.39 Å². The minimum Gasteiger partial charge on any atom is -0.370 e. The fourth-order valence-corrected chi connectivity index (χ4v) is 1.97. The number of benzene rings is 1. The summed E-state index contributed by atoms with van der Waals surface area (Å²) in [4.78, 5) is 8.23. The third kappa shape index (κ3) is 3.41. The molecule has 0 unspecified atom stereocenters. The Labute approximate surface area is 119 Å². The summed E-state index contributed by atoms with van der Waals surface area (Å²) in [5, 5.41) is 6.26. The van der Waals surface area contributed by atoms with Gasteiger partial charge in [-0.25, -0.2) is 14.4 Å². The summed E-state index contributed by atoms with van der Waals surface area (Å²) in [7, 11) is 0. The Morgan fingerprint density at radius 3 is 2.68 bits per heavy atom. The number of anilines is 3. The smallest absolute Gasteiger partial charge is 0.137 e. The summed E-state index contributed by atoms with van der Waals surface area (Å²) in [5.74, 6) is 1.13. The Morgan fingerprint density at radius 2 is 1.95 bits per heavy atom. The third-order valence-electron chi connectivity index (χ3n) is 2.55. The summed E-state index contributed by atoms with van der Waals surface area (Å²) in [6.45, 7) is 4.62. The molecule has 1 aromatic carbocycles. The molecule has 0 radical (unpaired) electrons. The molecule has 100 valence electrons. The molecule has 0 spiro atoms. The van der Waals surface area contributed by atoms with E-state index < -0.39 is 0 Å². The highest BCUT2D eigenvalue weighted by Gasteiger charge is 2.06. The van der Waals surface area contributed by atoms with E-state index in [0.29, 0.717) is 10.3 Å². The van der Waals surface area contributed by atoms with Gasteiger partial charge in [0.05, 0.1) is 4.47 Å². The van der Waals surface area contributed by atoms with Crippen LogP contribution in [0.1, 0.15) is 12.5 Å². The van der Waals surface area contributed by atoms with E-state index >= 15 is 0 Å². The second-order valence-electron chi connectivity index (χ2n) is 4.03. The van der Waals surface area contributed by atoms with Gasteiger partial charge in [0.2, 0.25) is 0 Å². The van der Waals surface area contributed by atoms with Crippen LogP contribution in [0.15, 0.2) is 29.0 Å². The lowest BCUT2D eigenvalue weighted by Crippen LogP contribution is -2.02. The van der Waals surface area contributed by atoms with Gasteiger partial charge in [-0.3, -0.25) is 0 Å². The molecule has 0 atom stereocenters. The number of halogens is 2. The summed E-state index contributed by atoms with van der Waals surface area (Å²) < 4.78 is 13.8. The molecule has 0 saturated heterocycles. The highest BCUT2D eigenvalue weighted by Crippen LogP contribution is 2.26. The average molecular weight is 325 g/mol. The average Bonchev–Trinajstić information content (AvgIpc) is 2.37. The largest absolute Gasteiger partial charge is 0.370 e. The van der Waals surface area contributed by atoms with Gasteiger partial charge in [0.25, 0.3) is 0 Å². The van der Waals surface area contributed by atoms with Crippen LogP contribution in [0.25, 0.3) is 0 Å². The maximum Gasteiger partial charge on any atom is 0.137 e. The number of nitrogens with one attached hydrogen (secondary N) is 2. The van der Waals surface area contributed by atoms with Gasteiger partial charge in [0.15, 0.2) is 0 Å². The second-order valence-corrected chi connectivity index (χ2v) is 4.88. The maximum absolute atomic E-state index is 13.4. The van der Waals surface area contributed by atoms with Crippen LogP contribution >= 0.6 is 15.9 Å². The lowest BCUT2D eigenvalue weighted by Gasteiger charge is -2.11. The molecule has 0 bridgehead atoms. The Morgan fingerprint density at radius 1 is 1.21 bits per heavy atom. The van der Waals surface area contributed by atoms with E-state index in [1.165, 1.54) is 12.4 Å². The molecule has 1 aromatic heterocycles. The predicted octanol–water partition coefficient (Wildman–Crippen LogP) is 3.86. The minimum atomic E-state index is -0.279. The van der Waals surface area contributed by atoms with Crippen LogP contribution < -0.4 is 10.6 Å². The quantitative estimate of drug-likeness (QED) is 0.896. The highest BCUT2D eigenvalue weighted by atomic mass is 79.9. The zero-order chi connectivity index (χ0) is 13.8. The van der Waals surface area contributed by atoms with Gasteiger partial charge < -0.3 is 10.6 Å². The van der Waals surface area contributed by atoms with E-state index in [2.05, 4.69) is 36.5 Å². The van der Waals surface area contributed by atoms with Crippen LogP contribution in [0.3, 0.4) is 0 Å². The molecule has 0 aliphatic carbocycles. The molecule has 19 heavy (non-hydrogen) atoms. The summed E-state index contributed by atoms with van der Waals surface area (Å²) >= 11 is 3.17. The van der Waals surface area contributed by atoms with Crippen LogP contribution in [0.4, 0.5) is 21.7 Å². The topological polar surface area (TPSA) is 49.8 Å². The van der Waals surface area contributed by atoms with Gasteiger partial charge in [-0.15, -0.1) is 0 Å². The van der Waals surface area contributed by atoms with Crippen molar-refractivity contribution in [2.45, 2.75) is 13.8 Å². The molecular weight excluding hydrogens is 311 g/mol. The molecule has 0 aliphatic heterocycles. The number of rotatable bonds is 4. The van der Waals surface area contributed by atoms with Crippen LogP contribution in [0.2, 0.25) is 0 Å². The first-order chi connectivity index (χ1) is 9.10. The Kier molecular flexibility index (Phi) is 4.31. The molecule has 2 aromatic rings. The van der Waals surface area contributed by atoms with Gasteiger partial charge in [0, 0.05) is 18.3 Å². The maximum atomic E-state index is 13.4. The predicted molar refractivity (Wildman–Crippen MR) is 78.3 cm³/mol. The molecule has 4 nitrogen and oxygen atoms in total. The number of aryl methyl sites for hydroxylation is 1. The zero-order valence-electron chi connectivity index (χ0n) is 10.7. The van der Waals surface area contributed by atoms with E-state index in [1.54, 1.807) is 12.1 Å². The fourth-order valence-electron chi connectivity index (χ4n) is 1.62. The van der Waals surface area contributed by atoms with Gasteiger partial charge >= 0.3 is 0 Å². The molecule has 0 amide bonds. The van der Waals surface area contributed by atoms with Crippen molar-refractivity contribution in [1.82, 2.24) is 9.97 Å². The first kappa shape index (κ1) is 13.7. The lowest BCUT2D eigenvalue weighted by molar-refractivity contribution is 0.620. The first-order valence-corrected chi connectivity index (χ1v) is 6.68. The highest BCUT2D eigenvalue weighted by molar-refractivity contribution is 9.10. The van der Waals surface area contributed by atoms with Gasteiger partial charge in [0.1, 0.15) is 23.8 Å². The van der Waals surface area contributed by atoms with Crippen LogP contribution in [-0.2, 0) is 0 Å². The standard InChI is InChI=1S/C13H14BrFN4/c1-3-16-12-6-13(18-7-17-12)19-11-5-9(14)10(15)4-8(11)2/h4-7H,3H2,1-2H3,(H2,16,17,18,19). The Hall–Kier alpha value is -1.69. The molecule has 0 saturated carbocycles. The van der Waals surface area contributed by atoms with Crippen molar-refractivity contribution in [1.29, 1.82) is 0 Å². The Balaban J connectivity index is 2.25. The van der Waals surface area contributed by atoms with E-state index in [-0.39, 0.29) is 5.82 Å². The van der Waals surface area contributed by atoms with Crippen LogP contribution in [0, 0.1) is 12.7 Å². The summed E-state index contributed by atoms with van der Waals surface area (Å²) in [6, 6.07) is 4.97. The Bertz CT molecular complexity index is 589. The minimum absolute atomic E-state index is 0.279. The summed E-state index contributed by atoms with van der Waals surface area (Å²) in [5.41, 5.74) is 1.61. The molecule has 2 N–H and O–H groups in total. The van der Waals surface area contributed by atoms with Crippen molar-refractivity contribution in [3.63, 3.8) is 0 Å². The van der Waals surface area contributed by atoms with Crippen molar-refractivity contribution in [2.24, 2.45) is 0 Å². The monoisotopic (exact) mass is 324 g/mol. The number of aromatic nitrogens is 2. The molecule has 6 heteroatoms. The van der Waals surface area contributed by atoms with Crippen molar-refractivity contribution < 1.29 is 4.39 Å². The third-order valence-corrected chi connectivity index (χ3v) is 3.16. The normalized spacial score (nSPS) is 10.3. The van der Waals surface area contributed by atoms with Gasteiger partial charge in [-0.05, 0) is 47.5 Å². The van der Waals surface area contributed by atoms with Gasteiger partial charge in [-0.2, -0.15) is 0 Å². The number of nitrogens with zero attached hydrogens (tertiary/aromatic N) is 2. The van der Waals surface area contributed by atoms with E-state index in [0.717, 1.165) is 23.6 Å². The fraction of sp³-hybridized carbons (Fsp3) is 0.231. The molecular formula is C13H14BrFN4. The van der Waals surface area contributed by atoms with E-state index in [4.69, 9.17) is 0 Å². The molecule has 1 heterocycles. The van der Waals surface area contributed by atoms with Crippen molar-refractivity contribution >= 4 is 33.3 Å². The van der Waals surface area contributed by atoms with Crippen LogP contribution in [0.5, 0.6) is 0 Å². The number of hydrogen-bond acceptors (Lipinski definition) is 4. The van der Waals surface area contributed by atoms with E-state index in [1.807, 2.05) is 13.8 Å². The zero-order valence-corrected chi connectivity index (χ0v) is 12.3. The van der Waals surface area contributed by atoms with Gasteiger partial charge in [-0.1, -0.05) is 0 Å². The SMILES string of the molecule is CCNc1cc(Nc2cc(Br)c(F)cc2C)ncn1. The van der Waals surface area contributed by atoms with Crippen molar-refractivity contribution in [3.8, 4) is 0 Å². The molecule has 0 aliphatic rings. The lowest BCUT2D eigenvalue weighted by atomic mass is 10.2. The van der Waals surface area contributed by atoms with Crippen LogP contribution in [-0.4, -0.2) is 16.5 Å². The van der Waals surface area contributed by atoms with Crippen molar-refractivity contribution in [3.05, 3.63) is 40.4 Å². The second kappa shape index (κ2) is 5.97. The van der Waals surface area contributed by atoms with Crippen molar-refractivity contribution in [2.75, 3.05) is 17.2 Å².